The Bertz CT molecular complexity index is 1850. The third kappa shape index (κ3) is 11.9. The number of halogens is 3. The second-order valence-electron chi connectivity index (χ2n) is 12.3. The molecule has 3 aromatic carbocycles. The number of β-amino-alcohol motifs (C(OH)–C–C–N with tert-alkyl or cyclic N) is 1. The van der Waals surface area contributed by atoms with Gasteiger partial charge in [-0.15, -0.1) is 0 Å². The first-order valence-corrected chi connectivity index (χ1v) is 16.6. The lowest BCUT2D eigenvalue weighted by molar-refractivity contribution is -0.192. The van der Waals surface area contributed by atoms with E-state index >= 15 is 0 Å². The van der Waals surface area contributed by atoms with E-state index < -0.39 is 39.8 Å². The Hall–Kier alpha value is -4.93. The third-order valence-corrected chi connectivity index (χ3v) is 8.66. The molecule has 0 bridgehead atoms. The molecule has 16 heteroatoms. The van der Waals surface area contributed by atoms with E-state index in [2.05, 4.69) is 28.9 Å². The number of aryl methyl sites for hydroxylation is 1. The van der Waals surface area contributed by atoms with Gasteiger partial charge < -0.3 is 29.9 Å². The van der Waals surface area contributed by atoms with E-state index in [1.807, 2.05) is 22.9 Å². The van der Waals surface area contributed by atoms with Crippen molar-refractivity contribution >= 4 is 27.6 Å². The number of imidazole rings is 1. The number of rotatable bonds is 14. The van der Waals surface area contributed by atoms with Crippen LogP contribution in [0.25, 0.3) is 11.3 Å². The number of aliphatic hydroxyl groups excluding tert-OH is 1. The summed E-state index contributed by atoms with van der Waals surface area (Å²) in [5, 5.41) is 30.7. The third-order valence-electron chi connectivity index (χ3n) is 7.26. The molecule has 0 aliphatic rings. The number of aliphatic carboxylic acids is 2. The standard InChI is InChI=1S/C32H38N4O6S.C2HF3O2/c1-31(2,17-18-36-21-28(33-22-36)23-13-15-26(16-14-23)42-32(3,4)30(38)39)34-20-29(37)24-9-8-10-25(19-24)35-43(40,41)27-11-6-5-7-12-27;3-2(4,5)1(6)7/h5-16,19,21-22,29,34-35,37H,17-18,20H2,1-4H3,(H,38,39);(H,6,7)/t29-;/m0./s1. The molecular weight excluding hydrogens is 681 g/mol. The normalized spacial score (nSPS) is 12.7. The van der Waals surface area contributed by atoms with Crippen LogP contribution in [0.1, 0.15) is 45.8 Å². The number of nitrogens with zero attached hydrogens (tertiary/aromatic N) is 2. The van der Waals surface area contributed by atoms with Crippen LogP contribution in [0.5, 0.6) is 5.75 Å². The Morgan fingerprint density at radius 3 is 2.12 bits per heavy atom. The molecule has 270 valence electrons. The molecule has 4 rings (SSSR count). The number of carboxylic acid groups (broad SMARTS) is 2. The van der Waals surface area contributed by atoms with E-state index in [1.165, 1.54) is 26.0 Å². The van der Waals surface area contributed by atoms with Crippen molar-refractivity contribution in [2.75, 3.05) is 11.3 Å². The summed E-state index contributed by atoms with van der Waals surface area (Å²) >= 11 is 0. The SMILES string of the molecule is CC(C)(CCn1cnc(-c2ccc(OC(C)(C)C(=O)O)cc2)c1)NC[C@H](O)c1cccc(NS(=O)(=O)c2ccccc2)c1.O=C(O)C(F)(F)F. The number of sulfonamides is 1. The molecule has 0 radical (unpaired) electrons. The average molecular weight is 721 g/mol. The van der Waals surface area contributed by atoms with Crippen molar-refractivity contribution < 1.29 is 51.2 Å². The summed E-state index contributed by atoms with van der Waals surface area (Å²) in [7, 11) is -3.73. The van der Waals surface area contributed by atoms with Gasteiger partial charge >= 0.3 is 18.1 Å². The van der Waals surface area contributed by atoms with Gasteiger partial charge in [0.2, 0.25) is 0 Å². The van der Waals surface area contributed by atoms with Gasteiger partial charge in [-0.2, -0.15) is 13.2 Å². The smallest absolute Gasteiger partial charge is 0.478 e. The van der Waals surface area contributed by atoms with Gasteiger partial charge in [0.15, 0.2) is 5.60 Å². The van der Waals surface area contributed by atoms with E-state index in [0.717, 1.165) is 17.7 Å². The Labute approximate surface area is 287 Å². The fourth-order valence-electron chi connectivity index (χ4n) is 4.27. The summed E-state index contributed by atoms with van der Waals surface area (Å²) in [6, 6.07) is 22.0. The van der Waals surface area contributed by atoms with Crippen LogP contribution in [0.3, 0.4) is 0 Å². The first-order chi connectivity index (χ1) is 23.2. The first kappa shape index (κ1) is 39.5. The summed E-state index contributed by atoms with van der Waals surface area (Å²) < 4.78 is 67.2. The number of alkyl halides is 3. The highest BCUT2D eigenvalue weighted by Gasteiger charge is 2.38. The zero-order chi connectivity index (χ0) is 37.3. The van der Waals surface area contributed by atoms with Crippen LogP contribution in [0.15, 0.2) is 96.3 Å². The molecule has 1 heterocycles. The summed E-state index contributed by atoms with van der Waals surface area (Å²) in [6.45, 7) is 8.08. The number of aromatic nitrogens is 2. The number of carboxylic acids is 2. The molecule has 1 atom stereocenters. The Morgan fingerprint density at radius 2 is 1.54 bits per heavy atom. The van der Waals surface area contributed by atoms with Gasteiger partial charge in [-0.05, 0) is 88.2 Å². The number of carbonyl (C=O) groups is 2. The lowest BCUT2D eigenvalue weighted by Gasteiger charge is -2.28. The minimum absolute atomic E-state index is 0.166. The molecule has 12 nitrogen and oxygen atoms in total. The van der Waals surface area contributed by atoms with Crippen LogP contribution in [-0.2, 0) is 26.2 Å². The van der Waals surface area contributed by atoms with Crippen molar-refractivity contribution in [2.45, 2.75) is 69.0 Å². The van der Waals surface area contributed by atoms with E-state index in [4.69, 9.17) is 14.6 Å². The second-order valence-corrected chi connectivity index (χ2v) is 14.0. The van der Waals surface area contributed by atoms with Crippen molar-refractivity contribution in [3.8, 4) is 17.0 Å². The van der Waals surface area contributed by atoms with Gasteiger partial charge in [-0.1, -0.05) is 30.3 Å². The summed E-state index contributed by atoms with van der Waals surface area (Å²) in [5.74, 6) is -3.33. The molecule has 5 N–H and O–H groups in total. The molecule has 0 fully saturated rings. The molecule has 0 unspecified atom stereocenters. The van der Waals surface area contributed by atoms with Gasteiger partial charge in [-0.3, -0.25) is 4.72 Å². The Morgan fingerprint density at radius 1 is 0.920 bits per heavy atom. The maximum atomic E-state index is 12.7. The van der Waals surface area contributed by atoms with Crippen molar-refractivity contribution in [2.24, 2.45) is 0 Å². The van der Waals surface area contributed by atoms with Crippen LogP contribution >= 0.6 is 0 Å². The Kier molecular flexibility index (Phi) is 12.8. The predicted octanol–water partition coefficient (Wildman–Crippen LogP) is 5.72. The summed E-state index contributed by atoms with van der Waals surface area (Å²) in [5.41, 5.74) is 1.00. The van der Waals surface area contributed by atoms with E-state index in [-0.39, 0.29) is 17.0 Å². The second kappa shape index (κ2) is 16.2. The summed E-state index contributed by atoms with van der Waals surface area (Å²) in [6.07, 6.45) is -1.46. The number of hydrogen-bond donors (Lipinski definition) is 5. The number of hydrogen-bond acceptors (Lipinski definition) is 8. The lowest BCUT2D eigenvalue weighted by atomic mass is 9.99. The highest BCUT2D eigenvalue weighted by atomic mass is 32.2. The average Bonchev–Trinajstić information content (AvgIpc) is 3.52. The zero-order valence-electron chi connectivity index (χ0n) is 27.7. The maximum Gasteiger partial charge on any atom is 0.490 e. The zero-order valence-corrected chi connectivity index (χ0v) is 28.5. The van der Waals surface area contributed by atoms with E-state index in [1.54, 1.807) is 60.9 Å². The molecule has 1 aromatic heterocycles. The topological polar surface area (TPSA) is 180 Å². The quantitative estimate of drug-likeness (QED) is 0.108. The van der Waals surface area contributed by atoms with Crippen LogP contribution in [0.4, 0.5) is 18.9 Å². The van der Waals surface area contributed by atoms with E-state index in [0.29, 0.717) is 23.5 Å². The van der Waals surface area contributed by atoms with Crippen molar-refractivity contribution in [3.63, 3.8) is 0 Å². The fourth-order valence-corrected chi connectivity index (χ4v) is 5.34. The molecule has 4 aromatic rings. The highest BCUT2D eigenvalue weighted by Crippen LogP contribution is 2.25. The van der Waals surface area contributed by atoms with E-state index in [9.17, 15) is 36.6 Å². The molecule has 0 spiro atoms. The van der Waals surface area contributed by atoms with Crippen molar-refractivity contribution in [1.29, 1.82) is 0 Å². The largest absolute Gasteiger partial charge is 0.490 e. The molecule has 0 saturated heterocycles. The van der Waals surface area contributed by atoms with Crippen LogP contribution in [-0.4, -0.2) is 69.1 Å². The number of aliphatic hydroxyl groups is 1. The first-order valence-electron chi connectivity index (χ1n) is 15.1. The predicted molar refractivity (Wildman–Crippen MR) is 179 cm³/mol. The van der Waals surface area contributed by atoms with Gasteiger partial charge in [0, 0.05) is 36.1 Å². The molecule has 0 aliphatic carbocycles. The van der Waals surface area contributed by atoms with Gasteiger partial charge in [0.05, 0.1) is 23.0 Å². The van der Waals surface area contributed by atoms with Crippen LogP contribution < -0.4 is 14.8 Å². The molecule has 0 aliphatic heterocycles. The number of nitrogens with one attached hydrogen (secondary N) is 2. The summed E-state index contributed by atoms with van der Waals surface area (Å²) in [4.78, 5) is 24.9. The van der Waals surface area contributed by atoms with Crippen LogP contribution in [0.2, 0.25) is 0 Å². The molecule has 50 heavy (non-hydrogen) atoms. The van der Waals surface area contributed by atoms with Crippen molar-refractivity contribution in [3.05, 3.63) is 97.0 Å². The van der Waals surface area contributed by atoms with Gasteiger partial charge in [-0.25, -0.2) is 23.0 Å². The fraction of sp³-hybridized carbons (Fsp3) is 0.324. The van der Waals surface area contributed by atoms with Crippen molar-refractivity contribution in [1.82, 2.24) is 14.9 Å². The number of anilines is 1. The number of ether oxygens (including phenoxy) is 1. The maximum absolute atomic E-state index is 12.7. The minimum atomic E-state index is -5.08. The monoisotopic (exact) mass is 720 g/mol. The molecule has 0 saturated carbocycles. The highest BCUT2D eigenvalue weighted by molar-refractivity contribution is 7.92. The van der Waals surface area contributed by atoms with Gasteiger partial charge in [0.1, 0.15) is 5.75 Å². The number of benzene rings is 3. The Balaban J connectivity index is 0.000000872. The minimum Gasteiger partial charge on any atom is -0.478 e. The van der Waals surface area contributed by atoms with Gasteiger partial charge in [0.25, 0.3) is 10.0 Å². The lowest BCUT2D eigenvalue weighted by Crippen LogP contribution is -2.42. The molecular formula is C34H39F3N4O8S. The molecule has 0 amide bonds. The van der Waals surface area contributed by atoms with Crippen LogP contribution in [0, 0.1) is 0 Å².